The van der Waals surface area contributed by atoms with Crippen molar-refractivity contribution in [1.82, 2.24) is 14.5 Å². The van der Waals surface area contributed by atoms with E-state index in [4.69, 9.17) is 0 Å². The van der Waals surface area contributed by atoms with Crippen molar-refractivity contribution in [2.24, 2.45) is 5.92 Å². The van der Waals surface area contributed by atoms with Crippen LogP contribution < -0.4 is 5.32 Å². The molecule has 1 aliphatic carbocycles. The molecule has 4 heteroatoms. The molecule has 2 aromatic rings. The fraction of sp³-hybridized carbons (Fsp3) is 0.529. The molecule has 3 rings (SSSR count). The molecule has 0 radical (unpaired) electrons. The van der Waals surface area contributed by atoms with Crippen molar-refractivity contribution in [1.29, 1.82) is 0 Å². The standard InChI is InChI=1S/C17H24N4/c1-13-4-3-5-15(7-6-13)20-16-8-9-17(19-12-16)21-11-10-18-14(21)2/h8-13,15,20H,3-7H2,1-2H3. The summed E-state index contributed by atoms with van der Waals surface area (Å²) in [6, 6.07) is 4.77. The summed E-state index contributed by atoms with van der Waals surface area (Å²) < 4.78 is 2.00. The molecule has 1 saturated carbocycles. The van der Waals surface area contributed by atoms with Gasteiger partial charge in [0, 0.05) is 18.4 Å². The van der Waals surface area contributed by atoms with Gasteiger partial charge < -0.3 is 5.32 Å². The van der Waals surface area contributed by atoms with Crippen LogP contribution in [0.15, 0.2) is 30.7 Å². The first-order valence-electron chi connectivity index (χ1n) is 7.95. The van der Waals surface area contributed by atoms with Crippen LogP contribution in [0.2, 0.25) is 0 Å². The van der Waals surface area contributed by atoms with Crippen molar-refractivity contribution < 1.29 is 0 Å². The Labute approximate surface area is 126 Å². The third-order valence-corrected chi connectivity index (χ3v) is 4.45. The van der Waals surface area contributed by atoms with Crippen LogP contribution in [0, 0.1) is 12.8 Å². The second kappa shape index (κ2) is 6.29. The number of rotatable bonds is 3. The van der Waals surface area contributed by atoms with Crippen LogP contribution in [-0.4, -0.2) is 20.6 Å². The number of hydrogen-bond donors (Lipinski definition) is 1. The molecule has 0 aliphatic heterocycles. The topological polar surface area (TPSA) is 42.7 Å². The molecule has 2 atom stereocenters. The maximum atomic E-state index is 4.55. The average Bonchev–Trinajstić information content (AvgIpc) is 2.81. The first-order chi connectivity index (χ1) is 10.2. The zero-order valence-electron chi connectivity index (χ0n) is 12.9. The van der Waals surface area contributed by atoms with Gasteiger partial charge in [0.15, 0.2) is 0 Å². The van der Waals surface area contributed by atoms with E-state index in [-0.39, 0.29) is 0 Å². The summed E-state index contributed by atoms with van der Waals surface area (Å²) in [4.78, 5) is 8.78. The Morgan fingerprint density at radius 3 is 2.76 bits per heavy atom. The van der Waals surface area contributed by atoms with Gasteiger partial charge in [-0.05, 0) is 44.2 Å². The smallest absolute Gasteiger partial charge is 0.138 e. The quantitative estimate of drug-likeness (QED) is 0.868. The van der Waals surface area contributed by atoms with Crippen molar-refractivity contribution in [2.75, 3.05) is 5.32 Å². The van der Waals surface area contributed by atoms with Gasteiger partial charge in [0.1, 0.15) is 11.6 Å². The van der Waals surface area contributed by atoms with Crippen LogP contribution in [0.25, 0.3) is 5.82 Å². The molecule has 0 bridgehead atoms. The Morgan fingerprint density at radius 2 is 2.05 bits per heavy atom. The van der Waals surface area contributed by atoms with Gasteiger partial charge in [-0.1, -0.05) is 19.8 Å². The van der Waals surface area contributed by atoms with E-state index in [9.17, 15) is 0 Å². The highest BCUT2D eigenvalue weighted by atomic mass is 15.1. The van der Waals surface area contributed by atoms with Crippen molar-refractivity contribution in [2.45, 2.75) is 52.0 Å². The molecule has 2 unspecified atom stereocenters. The molecule has 4 nitrogen and oxygen atoms in total. The first-order valence-corrected chi connectivity index (χ1v) is 7.95. The molecular formula is C17H24N4. The lowest BCUT2D eigenvalue weighted by molar-refractivity contribution is 0.502. The minimum atomic E-state index is 0.595. The van der Waals surface area contributed by atoms with Gasteiger partial charge in [-0.2, -0.15) is 0 Å². The highest BCUT2D eigenvalue weighted by molar-refractivity contribution is 5.44. The predicted molar refractivity (Wildman–Crippen MR) is 85.8 cm³/mol. The van der Waals surface area contributed by atoms with Crippen LogP contribution in [0.5, 0.6) is 0 Å². The second-order valence-electron chi connectivity index (χ2n) is 6.20. The molecule has 0 aromatic carbocycles. The normalized spacial score (nSPS) is 22.8. The van der Waals surface area contributed by atoms with Gasteiger partial charge in [0.2, 0.25) is 0 Å². The van der Waals surface area contributed by atoms with E-state index in [1.807, 2.05) is 23.9 Å². The molecule has 1 aliphatic rings. The third-order valence-electron chi connectivity index (χ3n) is 4.45. The van der Waals surface area contributed by atoms with Crippen molar-refractivity contribution in [3.05, 3.63) is 36.5 Å². The first kappa shape index (κ1) is 14.1. The molecule has 2 heterocycles. The fourth-order valence-corrected chi connectivity index (χ4v) is 3.10. The lowest BCUT2D eigenvalue weighted by atomic mass is 10.0. The summed E-state index contributed by atoms with van der Waals surface area (Å²) in [6.45, 7) is 4.35. The molecule has 0 amide bonds. The molecule has 0 spiro atoms. The Hall–Kier alpha value is -1.84. The number of aromatic nitrogens is 3. The van der Waals surface area contributed by atoms with Crippen molar-refractivity contribution in [3.63, 3.8) is 0 Å². The second-order valence-corrected chi connectivity index (χ2v) is 6.20. The molecule has 112 valence electrons. The van der Waals surface area contributed by atoms with Gasteiger partial charge in [-0.25, -0.2) is 9.97 Å². The lowest BCUT2D eigenvalue weighted by Crippen LogP contribution is -2.18. The van der Waals surface area contributed by atoms with Crippen molar-refractivity contribution in [3.8, 4) is 5.82 Å². The van der Waals surface area contributed by atoms with E-state index in [2.05, 4.69) is 34.3 Å². The van der Waals surface area contributed by atoms with E-state index < -0.39 is 0 Å². The van der Waals surface area contributed by atoms with Crippen molar-refractivity contribution >= 4 is 5.69 Å². The van der Waals surface area contributed by atoms with Crippen LogP contribution in [0.3, 0.4) is 0 Å². The van der Waals surface area contributed by atoms with E-state index in [1.54, 1.807) is 6.20 Å². The van der Waals surface area contributed by atoms with E-state index in [1.165, 1.54) is 32.1 Å². The van der Waals surface area contributed by atoms with Crippen LogP contribution in [0.1, 0.15) is 44.9 Å². The van der Waals surface area contributed by atoms with Gasteiger partial charge in [-0.15, -0.1) is 0 Å². The average molecular weight is 284 g/mol. The number of pyridine rings is 1. The molecule has 21 heavy (non-hydrogen) atoms. The number of aryl methyl sites for hydroxylation is 1. The number of imidazole rings is 1. The van der Waals surface area contributed by atoms with E-state index >= 15 is 0 Å². The van der Waals surface area contributed by atoms with Gasteiger partial charge >= 0.3 is 0 Å². The minimum Gasteiger partial charge on any atom is -0.381 e. The monoisotopic (exact) mass is 284 g/mol. The molecule has 2 aromatic heterocycles. The number of nitrogens with one attached hydrogen (secondary N) is 1. The Kier molecular flexibility index (Phi) is 4.23. The number of nitrogens with zero attached hydrogens (tertiary/aromatic N) is 3. The summed E-state index contributed by atoms with van der Waals surface area (Å²) in [5.41, 5.74) is 1.12. The lowest BCUT2D eigenvalue weighted by Gasteiger charge is -2.17. The Bertz CT molecular complexity index is 573. The SMILES string of the molecule is Cc1nccn1-c1ccc(NC2CCCC(C)CC2)cn1. The Morgan fingerprint density at radius 1 is 1.14 bits per heavy atom. The minimum absolute atomic E-state index is 0.595. The predicted octanol–water partition coefficient (Wildman–Crippen LogP) is 3.96. The summed E-state index contributed by atoms with van der Waals surface area (Å²) in [5, 5.41) is 3.64. The highest BCUT2D eigenvalue weighted by Gasteiger charge is 2.16. The zero-order valence-corrected chi connectivity index (χ0v) is 12.9. The molecule has 1 fully saturated rings. The maximum Gasteiger partial charge on any atom is 0.138 e. The van der Waals surface area contributed by atoms with Crippen LogP contribution in [-0.2, 0) is 0 Å². The maximum absolute atomic E-state index is 4.55. The molecule has 0 saturated heterocycles. The van der Waals surface area contributed by atoms with E-state index in [0.29, 0.717) is 6.04 Å². The summed E-state index contributed by atoms with van der Waals surface area (Å²) in [7, 11) is 0. The van der Waals surface area contributed by atoms with E-state index in [0.717, 1.165) is 23.2 Å². The molecular weight excluding hydrogens is 260 g/mol. The van der Waals surface area contributed by atoms with Crippen LogP contribution >= 0.6 is 0 Å². The molecule has 1 N–H and O–H groups in total. The number of anilines is 1. The van der Waals surface area contributed by atoms with Gasteiger partial charge in [0.05, 0.1) is 11.9 Å². The highest BCUT2D eigenvalue weighted by Crippen LogP contribution is 2.25. The van der Waals surface area contributed by atoms with Gasteiger partial charge in [-0.3, -0.25) is 4.57 Å². The van der Waals surface area contributed by atoms with Gasteiger partial charge in [0.25, 0.3) is 0 Å². The summed E-state index contributed by atoms with van der Waals surface area (Å²) in [6.07, 6.45) is 12.2. The Balaban J connectivity index is 1.66. The third kappa shape index (κ3) is 3.43. The summed E-state index contributed by atoms with van der Waals surface area (Å²) >= 11 is 0. The number of hydrogen-bond acceptors (Lipinski definition) is 3. The zero-order chi connectivity index (χ0) is 14.7. The largest absolute Gasteiger partial charge is 0.381 e. The van der Waals surface area contributed by atoms with Crippen LogP contribution in [0.4, 0.5) is 5.69 Å². The fourth-order valence-electron chi connectivity index (χ4n) is 3.10. The summed E-state index contributed by atoms with van der Waals surface area (Å²) in [5.74, 6) is 2.76.